The SMILES string of the molecule is C=C(C(=O)OC)C1CCC2(C)CCC=C(CO)C2C1. The maximum absolute atomic E-state index is 11.6. The van der Waals surface area contributed by atoms with Crippen LogP contribution in [0.4, 0.5) is 0 Å². The topological polar surface area (TPSA) is 46.5 Å². The number of carbonyl (C=O) groups is 1. The van der Waals surface area contributed by atoms with Gasteiger partial charge in [0.25, 0.3) is 0 Å². The van der Waals surface area contributed by atoms with Crippen LogP contribution in [-0.2, 0) is 9.53 Å². The van der Waals surface area contributed by atoms with Crippen molar-refractivity contribution < 1.29 is 14.6 Å². The van der Waals surface area contributed by atoms with E-state index in [9.17, 15) is 9.90 Å². The smallest absolute Gasteiger partial charge is 0.333 e. The molecule has 0 heterocycles. The van der Waals surface area contributed by atoms with Crippen LogP contribution in [0.5, 0.6) is 0 Å². The van der Waals surface area contributed by atoms with Gasteiger partial charge in [-0.05, 0) is 54.9 Å². The van der Waals surface area contributed by atoms with Crippen molar-refractivity contribution in [2.75, 3.05) is 13.7 Å². The number of rotatable bonds is 3. The number of ether oxygens (including phenoxy) is 1. The third-order valence-corrected chi connectivity index (χ3v) is 5.12. The molecule has 0 aliphatic heterocycles. The lowest BCUT2D eigenvalue weighted by Crippen LogP contribution is -2.39. The zero-order valence-corrected chi connectivity index (χ0v) is 11.9. The number of allylic oxidation sites excluding steroid dienone is 1. The van der Waals surface area contributed by atoms with Crippen LogP contribution in [-0.4, -0.2) is 24.8 Å². The average molecular weight is 264 g/mol. The predicted octanol–water partition coefficient (Wildman–Crippen LogP) is 2.85. The molecule has 1 fully saturated rings. The second-order valence-electron chi connectivity index (χ2n) is 6.17. The first-order chi connectivity index (χ1) is 9.01. The van der Waals surface area contributed by atoms with E-state index in [1.54, 1.807) is 0 Å². The first kappa shape index (κ1) is 14.3. The number of hydrogen-bond donors (Lipinski definition) is 1. The Morgan fingerprint density at radius 2 is 2.32 bits per heavy atom. The van der Waals surface area contributed by atoms with E-state index < -0.39 is 0 Å². The molecule has 0 amide bonds. The zero-order valence-electron chi connectivity index (χ0n) is 11.9. The second-order valence-corrected chi connectivity index (χ2v) is 6.17. The molecule has 106 valence electrons. The summed E-state index contributed by atoms with van der Waals surface area (Å²) < 4.78 is 4.78. The highest BCUT2D eigenvalue weighted by Crippen LogP contribution is 2.53. The number of hydrogen-bond acceptors (Lipinski definition) is 3. The highest BCUT2D eigenvalue weighted by molar-refractivity contribution is 5.88. The summed E-state index contributed by atoms with van der Waals surface area (Å²) in [5, 5.41) is 9.54. The van der Waals surface area contributed by atoms with Gasteiger partial charge in [0.05, 0.1) is 13.7 Å². The standard InChI is InChI=1S/C16H24O3/c1-11(15(18)19-3)12-6-8-16(2)7-4-5-13(10-17)14(16)9-12/h5,12,14,17H,1,4,6-10H2,2-3H3. The van der Waals surface area contributed by atoms with Crippen LogP contribution in [0.2, 0.25) is 0 Å². The van der Waals surface area contributed by atoms with Gasteiger partial charge in [0, 0.05) is 5.57 Å². The number of aliphatic hydroxyl groups excluding tert-OH is 1. The van der Waals surface area contributed by atoms with Crippen LogP contribution in [0, 0.1) is 17.3 Å². The van der Waals surface area contributed by atoms with Gasteiger partial charge >= 0.3 is 5.97 Å². The molecule has 0 aromatic heterocycles. The summed E-state index contributed by atoms with van der Waals surface area (Å²) in [5.74, 6) is 0.281. The number of fused-ring (bicyclic) bond motifs is 1. The van der Waals surface area contributed by atoms with Crippen molar-refractivity contribution in [2.24, 2.45) is 17.3 Å². The van der Waals surface area contributed by atoms with Crippen molar-refractivity contribution in [3.05, 3.63) is 23.8 Å². The molecule has 0 spiro atoms. The van der Waals surface area contributed by atoms with Gasteiger partial charge in [0.15, 0.2) is 0 Å². The fourth-order valence-corrected chi connectivity index (χ4v) is 3.78. The number of aliphatic hydroxyl groups is 1. The van der Waals surface area contributed by atoms with Gasteiger partial charge in [-0.2, -0.15) is 0 Å². The first-order valence-corrected chi connectivity index (χ1v) is 7.08. The van der Waals surface area contributed by atoms with Gasteiger partial charge in [-0.25, -0.2) is 4.79 Å². The fourth-order valence-electron chi connectivity index (χ4n) is 3.78. The molecular weight excluding hydrogens is 240 g/mol. The molecule has 0 aromatic carbocycles. The summed E-state index contributed by atoms with van der Waals surface area (Å²) in [7, 11) is 1.40. The summed E-state index contributed by atoms with van der Waals surface area (Å²) in [5.41, 5.74) is 2.02. The zero-order chi connectivity index (χ0) is 14.0. The molecule has 0 aromatic rings. The van der Waals surface area contributed by atoms with E-state index >= 15 is 0 Å². The molecule has 0 radical (unpaired) electrons. The van der Waals surface area contributed by atoms with Crippen LogP contribution in [0.1, 0.15) is 39.0 Å². The largest absolute Gasteiger partial charge is 0.466 e. The van der Waals surface area contributed by atoms with E-state index in [0.29, 0.717) is 11.5 Å². The molecule has 0 bridgehead atoms. The molecule has 19 heavy (non-hydrogen) atoms. The summed E-state index contributed by atoms with van der Waals surface area (Å²) in [6.45, 7) is 6.36. The number of esters is 1. The number of carbonyl (C=O) groups excluding carboxylic acids is 1. The van der Waals surface area contributed by atoms with Crippen molar-refractivity contribution in [1.29, 1.82) is 0 Å². The lowest BCUT2D eigenvalue weighted by Gasteiger charge is -2.48. The Morgan fingerprint density at radius 3 is 2.95 bits per heavy atom. The third-order valence-electron chi connectivity index (χ3n) is 5.12. The van der Waals surface area contributed by atoms with Crippen molar-refractivity contribution in [2.45, 2.75) is 39.0 Å². The van der Waals surface area contributed by atoms with E-state index in [4.69, 9.17) is 4.74 Å². The molecule has 3 unspecified atom stereocenters. The summed E-state index contributed by atoms with van der Waals surface area (Å²) in [6, 6.07) is 0. The first-order valence-electron chi connectivity index (χ1n) is 7.08. The van der Waals surface area contributed by atoms with Crippen LogP contribution in [0.3, 0.4) is 0 Å². The van der Waals surface area contributed by atoms with Crippen molar-refractivity contribution in [3.63, 3.8) is 0 Å². The minimum Gasteiger partial charge on any atom is -0.466 e. The van der Waals surface area contributed by atoms with Crippen LogP contribution < -0.4 is 0 Å². The van der Waals surface area contributed by atoms with Gasteiger partial charge < -0.3 is 9.84 Å². The molecule has 2 aliphatic rings. The normalized spacial score (nSPS) is 34.2. The third kappa shape index (κ3) is 2.62. The molecule has 1 N–H and O–H groups in total. The molecule has 2 aliphatic carbocycles. The quantitative estimate of drug-likeness (QED) is 0.484. The summed E-state index contributed by atoms with van der Waals surface area (Å²) in [6.07, 6.45) is 7.42. The Balaban J connectivity index is 2.16. The Hall–Kier alpha value is -1.09. The Kier molecular flexibility index (Phi) is 4.14. The van der Waals surface area contributed by atoms with Crippen LogP contribution in [0.15, 0.2) is 23.8 Å². The van der Waals surface area contributed by atoms with Crippen molar-refractivity contribution in [1.82, 2.24) is 0 Å². The van der Waals surface area contributed by atoms with Crippen molar-refractivity contribution >= 4 is 5.97 Å². The minimum absolute atomic E-state index is 0.137. The Morgan fingerprint density at radius 1 is 1.58 bits per heavy atom. The van der Waals surface area contributed by atoms with Gasteiger partial charge in [0.2, 0.25) is 0 Å². The fraction of sp³-hybridized carbons (Fsp3) is 0.688. The Labute approximate surface area is 115 Å². The highest BCUT2D eigenvalue weighted by Gasteiger charge is 2.43. The summed E-state index contributed by atoms with van der Waals surface area (Å²) >= 11 is 0. The summed E-state index contributed by atoms with van der Waals surface area (Å²) in [4.78, 5) is 11.6. The molecule has 3 heteroatoms. The van der Waals surface area contributed by atoms with Crippen molar-refractivity contribution in [3.8, 4) is 0 Å². The lowest BCUT2D eigenvalue weighted by atomic mass is 9.57. The molecule has 1 saturated carbocycles. The Bertz CT molecular complexity index is 410. The maximum atomic E-state index is 11.6. The lowest BCUT2D eigenvalue weighted by molar-refractivity contribution is -0.137. The number of methoxy groups -OCH3 is 1. The van der Waals surface area contributed by atoms with E-state index in [-0.39, 0.29) is 23.9 Å². The van der Waals surface area contributed by atoms with Gasteiger partial charge in [-0.1, -0.05) is 19.6 Å². The molecule has 3 nitrogen and oxygen atoms in total. The van der Waals surface area contributed by atoms with E-state index in [1.807, 2.05) is 0 Å². The molecular formula is C16H24O3. The highest BCUT2D eigenvalue weighted by atomic mass is 16.5. The van der Waals surface area contributed by atoms with E-state index in [2.05, 4.69) is 19.6 Å². The van der Waals surface area contributed by atoms with E-state index in [1.165, 1.54) is 13.5 Å². The van der Waals surface area contributed by atoms with Crippen LogP contribution >= 0.6 is 0 Å². The second kappa shape index (κ2) is 5.49. The maximum Gasteiger partial charge on any atom is 0.333 e. The van der Waals surface area contributed by atoms with E-state index in [0.717, 1.165) is 31.3 Å². The molecule has 3 atom stereocenters. The van der Waals surface area contributed by atoms with Gasteiger partial charge in [0.1, 0.15) is 0 Å². The molecule has 2 rings (SSSR count). The average Bonchev–Trinajstić information content (AvgIpc) is 2.43. The van der Waals surface area contributed by atoms with Gasteiger partial charge in [-0.15, -0.1) is 0 Å². The van der Waals surface area contributed by atoms with Crippen LogP contribution in [0.25, 0.3) is 0 Å². The molecule has 0 saturated heterocycles. The monoisotopic (exact) mass is 264 g/mol. The minimum atomic E-state index is -0.293. The predicted molar refractivity (Wildman–Crippen MR) is 74.5 cm³/mol. The van der Waals surface area contributed by atoms with Gasteiger partial charge in [-0.3, -0.25) is 0 Å².